The first-order valence-corrected chi connectivity index (χ1v) is 3.77. The van der Waals surface area contributed by atoms with Crippen LogP contribution in [0.5, 0.6) is 11.5 Å². The van der Waals surface area contributed by atoms with Crippen LogP contribution in [0.15, 0.2) is 24.3 Å². The van der Waals surface area contributed by atoms with E-state index < -0.39 is 0 Å². The lowest BCUT2D eigenvalue weighted by Gasteiger charge is -2.02. The third-order valence-corrected chi connectivity index (χ3v) is 1.58. The SMILES string of the molecule is C/C=C\c1cc(OC)ccc1O. The van der Waals surface area contributed by atoms with Crippen molar-refractivity contribution >= 4 is 6.08 Å². The van der Waals surface area contributed by atoms with Crippen LogP contribution in [0.25, 0.3) is 6.08 Å². The summed E-state index contributed by atoms with van der Waals surface area (Å²) in [4.78, 5) is 0. The van der Waals surface area contributed by atoms with Crippen molar-refractivity contribution in [2.75, 3.05) is 7.11 Å². The van der Waals surface area contributed by atoms with Crippen LogP contribution in [0.1, 0.15) is 12.5 Å². The highest BCUT2D eigenvalue weighted by Crippen LogP contribution is 2.23. The molecule has 12 heavy (non-hydrogen) atoms. The molecule has 0 saturated carbocycles. The molecule has 0 atom stereocenters. The number of phenolic OH excluding ortho intramolecular Hbond substituents is 1. The molecule has 0 spiro atoms. The van der Waals surface area contributed by atoms with E-state index in [0.717, 1.165) is 11.3 Å². The summed E-state index contributed by atoms with van der Waals surface area (Å²) in [6.07, 6.45) is 3.70. The Labute approximate surface area is 72.1 Å². The molecule has 0 amide bonds. The molecule has 2 heteroatoms. The van der Waals surface area contributed by atoms with Crippen molar-refractivity contribution in [2.24, 2.45) is 0 Å². The Morgan fingerprint density at radius 3 is 2.75 bits per heavy atom. The van der Waals surface area contributed by atoms with Gasteiger partial charge in [0.2, 0.25) is 0 Å². The molecular formula is C10H12O2. The number of methoxy groups -OCH3 is 1. The van der Waals surface area contributed by atoms with Crippen LogP contribution in [-0.4, -0.2) is 12.2 Å². The molecule has 1 aromatic carbocycles. The fourth-order valence-electron chi connectivity index (χ4n) is 0.973. The van der Waals surface area contributed by atoms with Gasteiger partial charge in [0, 0.05) is 5.56 Å². The summed E-state index contributed by atoms with van der Waals surface area (Å²) >= 11 is 0. The minimum absolute atomic E-state index is 0.272. The average molecular weight is 164 g/mol. The summed E-state index contributed by atoms with van der Waals surface area (Å²) in [5, 5.41) is 9.35. The quantitative estimate of drug-likeness (QED) is 0.727. The second kappa shape index (κ2) is 3.81. The maximum atomic E-state index is 9.35. The number of rotatable bonds is 2. The van der Waals surface area contributed by atoms with Gasteiger partial charge in [0.1, 0.15) is 11.5 Å². The molecule has 0 aliphatic rings. The van der Waals surface area contributed by atoms with Gasteiger partial charge in [-0.2, -0.15) is 0 Å². The number of aromatic hydroxyl groups is 1. The van der Waals surface area contributed by atoms with Gasteiger partial charge in [0.05, 0.1) is 7.11 Å². The van der Waals surface area contributed by atoms with Gasteiger partial charge in [-0.1, -0.05) is 12.2 Å². The Balaban J connectivity index is 3.08. The number of phenols is 1. The van der Waals surface area contributed by atoms with Gasteiger partial charge < -0.3 is 9.84 Å². The van der Waals surface area contributed by atoms with Crippen LogP contribution in [0.3, 0.4) is 0 Å². The highest BCUT2D eigenvalue weighted by atomic mass is 16.5. The van der Waals surface area contributed by atoms with Crippen LogP contribution >= 0.6 is 0 Å². The van der Waals surface area contributed by atoms with Gasteiger partial charge in [0.25, 0.3) is 0 Å². The van der Waals surface area contributed by atoms with E-state index in [0.29, 0.717) is 0 Å². The van der Waals surface area contributed by atoms with Gasteiger partial charge in [-0.05, 0) is 25.1 Å². The van der Waals surface area contributed by atoms with Crippen molar-refractivity contribution in [3.05, 3.63) is 29.8 Å². The van der Waals surface area contributed by atoms with Crippen LogP contribution in [-0.2, 0) is 0 Å². The molecule has 0 saturated heterocycles. The molecule has 0 aromatic heterocycles. The molecule has 64 valence electrons. The van der Waals surface area contributed by atoms with E-state index in [1.165, 1.54) is 0 Å². The second-order valence-corrected chi connectivity index (χ2v) is 2.42. The summed E-state index contributed by atoms with van der Waals surface area (Å²) in [5.41, 5.74) is 0.775. The number of allylic oxidation sites excluding steroid dienone is 1. The predicted octanol–water partition coefficient (Wildman–Crippen LogP) is 2.43. The van der Waals surface area contributed by atoms with Crippen molar-refractivity contribution in [3.63, 3.8) is 0 Å². The summed E-state index contributed by atoms with van der Waals surface area (Å²) in [6.45, 7) is 1.90. The monoisotopic (exact) mass is 164 g/mol. The lowest BCUT2D eigenvalue weighted by molar-refractivity contribution is 0.412. The molecule has 2 nitrogen and oxygen atoms in total. The Kier molecular flexibility index (Phi) is 2.75. The summed E-state index contributed by atoms with van der Waals surface area (Å²) < 4.78 is 5.01. The van der Waals surface area contributed by atoms with Gasteiger partial charge in [0.15, 0.2) is 0 Å². The van der Waals surface area contributed by atoms with Crippen LogP contribution in [0.2, 0.25) is 0 Å². The van der Waals surface area contributed by atoms with E-state index >= 15 is 0 Å². The largest absolute Gasteiger partial charge is 0.507 e. The maximum Gasteiger partial charge on any atom is 0.123 e. The average Bonchev–Trinajstić information content (AvgIpc) is 2.09. The number of hydrogen-bond acceptors (Lipinski definition) is 2. The van der Waals surface area contributed by atoms with Gasteiger partial charge in [-0.15, -0.1) is 0 Å². The zero-order chi connectivity index (χ0) is 8.97. The Hall–Kier alpha value is -1.44. The molecule has 0 heterocycles. The number of hydrogen-bond donors (Lipinski definition) is 1. The third kappa shape index (κ3) is 1.78. The summed E-state index contributed by atoms with van der Waals surface area (Å²) in [6, 6.07) is 5.13. The molecule has 0 bridgehead atoms. The van der Waals surface area contributed by atoms with E-state index in [2.05, 4.69) is 0 Å². The first-order chi connectivity index (χ1) is 5.77. The van der Waals surface area contributed by atoms with Crippen LogP contribution in [0, 0.1) is 0 Å². The smallest absolute Gasteiger partial charge is 0.123 e. The predicted molar refractivity (Wildman–Crippen MR) is 49.4 cm³/mol. The first kappa shape index (κ1) is 8.65. The number of ether oxygens (including phenoxy) is 1. The lowest BCUT2D eigenvalue weighted by atomic mass is 10.2. The van der Waals surface area contributed by atoms with E-state index in [4.69, 9.17) is 4.74 Å². The second-order valence-electron chi connectivity index (χ2n) is 2.42. The Morgan fingerprint density at radius 1 is 1.42 bits per heavy atom. The minimum Gasteiger partial charge on any atom is -0.507 e. The lowest BCUT2D eigenvalue weighted by Crippen LogP contribution is -1.83. The fourth-order valence-corrected chi connectivity index (χ4v) is 0.973. The highest BCUT2D eigenvalue weighted by molar-refractivity contribution is 5.58. The van der Waals surface area contributed by atoms with Gasteiger partial charge in [-0.25, -0.2) is 0 Å². The standard InChI is InChI=1S/C10H12O2/c1-3-4-8-7-9(12-2)5-6-10(8)11/h3-7,11H,1-2H3/b4-3-. The molecule has 1 rings (SSSR count). The van der Waals surface area contributed by atoms with Crippen molar-refractivity contribution < 1.29 is 9.84 Å². The topological polar surface area (TPSA) is 29.5 Å². The minimum atomic E-state index is 0.272. The Bertz CT molecular complexity index is 290. The molecular weight excluding hydrogens is 152 g/mol. The van der Waals surface area contributed by atoms with Crippen molar-refractivity contribution in [2.45, 2.75) is 6.92 Å². The molecule has 0 unspecified atom stereocenters. The van der Waals surface area contributed by atoms with E-state index in [9.17, 15) is 5.11 Å². The van der Waals surface area contributed by atoms with Crippen molar-refractivity contribution in [1.29, 1.82) is 0 Å². The molecule has 0 aliphatic carbocycles. The van der Waals surface area contributed by atoms with Crippen molar-refractivity contribution in [3.8, 4) is 11.5 Å². The van der Waals surface area contributed by atoms with Crippen molar-refractivity contribution in [1.82, 2.24) is 0 Å². The fraction of sp³-hybridized carbons (Fsp3) is 0.200. The normalized spacial score (nSPS) is 10.5. The van der Waals surface area contributed by atoms with E-state index in [1.807, 2.05) is 19.1 Å². The highest BCUT2D eigenvalue weighted by Gasteiger charge is 1.98. The molecule has 1 N–H and O–H groups in total. The first-order valence-electron chi connectivity index (χ1n) is 3.77. The summed E-state index contributed by atoms with van der Waals surface area (Å²) in [5.74, 6) is 1.02. The van der Waals surface area contributed by atoms with E-state index in [-0.39, 0.29) is 5.75 Å². The van der Waals surface area contributed by atoms with Crippen LogP contribution in [0.4, 0.5) is 0 Å². The zero-order valence-corrected chi connectivity index (χ0v) is 7.24. The number of benzene rings is 1. The van der Waals surface area contributed by atoms with Gasteiger partial charge >= 0.3 is 0 Å². The Morgan fingerprint density at radius 2 is 2.17 bits per heavy atom. The third-order valence-electron chi connectivity index (χ3n) is 1.58. The molecule has 1 aromatic rings. The summed E-state index contributed by atoms with van der Waals surface area (Å²) in [7, 11) is 1.60. The molecule has 0 radical (unpaired) electrons. The maximum absolute atomic E-state index is 9.35. The van der Waals surface area contributed by atoms with Crippen LogP contribution < -0.4 is 4.74 Å². The molecule has 0 aliphatic heterocycles. The van der Waals surface area contributed by atoms with Gasteiger partial charge in [-0.3, -0.25) is 0 Å². The molecule has 0 fully saturated rings. The zero-order valence-electron chi connectivity index (χ0n) is 7.24. The van der Waals surface area contributed by atoms with E-state index in [1.54, 1.807) is 25.3 Å².